The molecule has 9 heteroatoms. The first-order chi connectivity index (χ1) is 17.3. The van der Waals surface area contributed by atoms with Crippen LogP contribution in [0.5, 0.6) is 11.5 Å². The van der Waals surface area contributed by atoms with Gasteiger partial charge in [-0.25, -0.2) is 0 Å². The van der Waals surface area contributed by atoms with E-state index in [1.165, 1.54) is 0 Å². The predicted molar refractivity (Wildman–Crippen MR) is 134 cm³/mol. The number of rotatable bonds is 8. The number of H-pyrrole nitrogens is 1. The molecule has 3 saturated carbocycles. The Bertz CT molecular complexity index is 1260. The van der Waals surface area contributed by atoms with Crippen LogP contribution >= 0.6 is 0 Å². The van der Waals surface area contributed by atoms with E-state index in [4.69, 9.17) is 9.47 Å². The maximum atomic E-state index is 12.7. The van der Waals surface area contributed by atoms with E-state index in [9.17, 15) is 14.7 Å². The molecule has 0 spiro atoms. The molecular weight excluding hydrogens is 460 g/mol. The van der Waals surface area contributed by atoms with Gasteiger partial charge in [-0.05, 0) is 70.2 Å². The van der Waals surface area contributed by atoms with Crippen molar-refractivity contribution in [1.82, 2.24) is 20.8 Å². The minimum Gasteiger partial charge on any atom is -0.484 e. The highest BCUT2D eigenvalue weighted by Gasteiger charge is 2.55. The van der Waals surface area contributed by atoms with Gasteiger partial charge in [0.05, 0.1) is 17.2 Å². The molecule has 4 N–H and O–H groups in total. The van der Waals surface area contributed by atoms with Gasteiger partial charge in [-0.2, -0.15) is 5.10 Å². The fourth-order valence-corrected chi connectivity index (χ4v) is 5.45. The molecule has 3 aromatic rings. The number of aryl methyl sites for hydroxylation is 2. The highest BCUT2D eigenvalue weighted by Crippen LogP contribution is 2.47. The second-order valence-corrected chi connectivity index (χ2v) is 10.2. The lowest BCUT2D eigenvalue weighted by Gasteiger charge is -2.56. The van der Waals surface area contributed by atoms with E-state index in [1.807, 2.05) is 50.2 Å². The molecule has 0 radical (unpaired) electrons. The number of hydrogen-bond acceptors (Lipinski definition) is 6. The van der Waals surface area contributed by atoms with Crippen molar-refractivity contribution in [2.45, 2.75) is 63.1 Å². The molecule has 0 aliphatic heterocycles. The van der Waals surface area contributed by atoms with Crippen molar-refractivity contribution in [2.24, 2.45) is 0 Å². The predicted octanol–water partition coefficient (Wildman–Crippen LogP) is 2.69. The van der Waals surface area contributed by atoms with Crippen LogP contribution in [0.15, 0.2) is 42.5 Å². The van der Waals surface area contributed by atoms with Crippen molar-refractivity contribution in [2.75, 3.05) is 13.2 Å². The number of fused-ring (bicyclic) bond motifs is 4. The van der Waals surface area contributed by atoms with Crippen LogP contribution in [0.25, 0.3) is 10.9 Å². The van der Waals surface area contributed by atoms with Crippen LogP contribution in [0.2, 0.25) is 0 Å². The lowest BCUT2D eigenvalue weighted by molar-refractivity contribution is -0.137. The Morgan fingerprint density at radius 3 is 2.31 bits per heavy atom. The van der Waals surface area contributed by atoms with E-state index in [0.29, 0.717) is 43.6 Å². The van der Waals surface area contributed by atoms with E-state index >= 15 is 0 Å². The number of aliphatic hydroxyl groups is 1. The Morgan fingerprint density at radius 1 is 0.972 bits per heavy atom. The molecule has 1 heterocycles. The summed E-state index contributed by atoms with van der Waals surface area (Å²) < 4.78 is 11.3. The summed E-state index contributed by atoms with van der Waals surface area (Å²) in [6, 6.07) is 13.0. The normalized spacial score (nSPS) is 24.9. The molecule has 1 atom stereocenters. The fraction of sp³-hybridized carbons (Fsp3) is 0.444. The quantitative estimate of drug-likeness (QED) is 0.383. The van der Waals surface area contributed by atoms with E-state index in [0.717, 1.165) is 22.2 Å². The molecule has 3 aliphatic rings. The zero-order chi connectivity index (χ0) is 25.3. The lowest BCUT2D eigenvalue weighted by atomic mass is 9.60. The summed E-state index contributed by atoms with van der Waals surface area (Å²) in [5.41, 5.74) is 1.70. The van der Waals surface area contributed by atoms with E-state index in [1.54, 1.807) is 6.07 Å². The molecular formula is C27H32N4O5. The Hall–Kier alpha value is -3.59. The first-order valence-electron chi connectivity index (χ1n) is 12.3. The van der Waals surface area contributed by atoms with Gasteiger partial charge in [-0.3, -0.25) is 14.7 Å². The van der Waals surface area contributed by atoms with Crippen molar-refractivity contribution in [3.63, 3.8) is 0 Å². The summed E-state index contributed by atoms with van der Waals surface area (Å²) in [6.07, 6.45) is 2.15. The zero-order valence-corrected chi connectivity index (χ0v) is 20.6. The van der Waals surface area contributed by atoms with Gasteiger partial charge in [0.25, 0.3) is 11.8 Å². The molecule has 0 unspecified atom stereocenters. The molecule has 2 amide bonds. The maximum absolute atomic E-state index is 12.7. The number of nitrogens with one attached hydrogen (secondary N) is 3. The van der Waals surface area contributed by atoms with E-state index in [-0.39, 0.29) is 25.0 Å². The van der Waals surface area contributed by atoms with E-state index in [2.05, 4.69) is 20.8 Å². The number of nitrogens with zero attached hydrogens (tertiary/aromatic N) is 1. The van der Waals surface area contributed by atoms with Crippen molar-refractivity contribution in [1.29, 1.82) is 0 Å². The molecule has 2 aromatic carbocycles. The SMILES string of the molecule is Cc1ccc(OCC(=O)NC23CCC(NC(=O)COc4ccc5c(C)[nH]nc5c4)(CC2)[C@@H](O)C3)cc1. The summed E-state index contributed by atoms with van der Waals surface area (Å²) >= 11 is 0. The molecule has 2 bridgehead atoms. The Balaban J connectivity index is 1.12. The minimum atomic E-state index is -0.759. The molecule has 3 aliphatic carbocycles. The monoisotopic (exact) mass is 492 g/mol. The molecule has 0 saturated heterocycles. The molecule has 6 rings (SSSR count). The molecule has 3 fully saturated rings. The van der Waals surface area contributed by atoms with Crippen LogP contribution in [0, 0.1) is 13.8 Å². The van der Waals surface area contributed by atoms with Gasteiger partial charge in [0.2, 0.25) is 0 Å². The number of aromatic nitrogens is 2. The Morgan fingerprint density at radius 2 is 1.61 bits per heavy atom. The van der Waals surface area contributed by atoms with Gasteiger partial charge in [-0.1, -0.05) is 17.7 Å². The number of aromatic amines is 1. The zero-order valence-electron chi connectivity index (χ0n) is 20.6. The third-order valence-electron chi connectivity index (χ3n) is 7.59. The van der Waals surface area contributed by atoms with Crippen molar-refractivity contribution >= 4 is 22.7 Å². The first kappa shape index (κ1) is 24.1. The lowest BCUT2D eigenvalue weighted by Crippen LogP contribution is -2.70. The average molecular weight is 493 g/mol. The van der Waals surface area contributed by atoms with Gasteiger partial charge >= 0.3 is 0 Å². The van der Waals surface area contributed by atoms with E-state index < -0.39 is 17.2 Å². The summed E-state index contributed by atoms with van der Waals surface area (Å²) in [7, 11) is 0. The van der Waals surface area contributed by atoms with Crippen LogP contribution in [0.1, 0.15) is 43.4 Å². The van der Waals surface area contributed by atoms with Crippen LogP contribution in [-0.4, -0.2) is 57.5 Å². The number of ether oxygens (including phenoxy) is 2. The number of aliphatic hydroxyl groups excluding tert-OH is 1. The third kappa shape index (κ3) is 4.88. The van der Waals surface area contributed by atoms with Gasteiger partial charge in [0.1, 0.15) is 11.5 Å². The van der Waals surface area contributed by atoms with Crippen molar-refractivity contribution in [3.05, 3.63) is 53.7 Å². The molecule has 36 heavy (non-hydrogen) atoms. The number of hydrogen-bond donors (Lipinski definition) is 4. The Kier molecular flexibility index (Phi) is 6.34. The van der Waals surface area contributed by atoms with Crippen molar-refractivity contribution < 1.29 is 24.2 Å². The summed E-state index contributed by atoms with van der Waals surface area (Å²) in [6.45, 7) is 3.71. The fourth-order valence-electron chi connectivity index (χ4n) is 5.45. The Labute approximate surface area is 209 Å². The minimum absolute atomic E-state index is 0.0796. The maximum Gasteiger partial charge on any atom is 0.258 e. The van der Waals surface area contributed by atoms with Gasteiger partial charge in [0, 0.05) is 22.7 Å². The first-order valence-corrected chi connectivity index (χ1v) is 12.3. The number of amides is 2. The van der Waals surface area contributed by atoms with Gasteiger partial charge < -0.3 is 25.2 Å². The van der Waals surface area contributed by atoms with Crippen LogP contribution in [-0.2, 0) is 9.59 Å². The third-order valence-corrected chi connectivity index (χ3v) is 7.59. The highest BCUT2D eigenvalue weighted by molar-refractivity contribution is 5.83. The number of carbonyl (C=O) groups excluding carboxylic acids is 2. The van der Waals surface area contributed by atoms with Crippen LogP contribution < -0.4 is 20.1 Å². The average Bonchev–Trinajstić information content (AvgIpc) is 3.23. The number of carbonyl (C=O) groups is 2. The second kappa shape index (κ2) is 9.46. The largest absolute Gasteiger partial charge is 0.484 e. The number of benzene rings is 2. The topological polar surface area (TPSA) is 126 Å². The van der Waals surface area contributed by atoms with Crippen LogP contribution in [0.3, 0.4) is 0 Å². The van der Waals surface area contributed by atoms with Gasteiger partial charge in [-0.15, -0.1) is 0 Å². The van der Waals surface area contributed by atoms with Crippen molar-refractivity contribution in [3.8, 4) is 11.5 Å². The summed E-state index contributed by atoms with van der Waals surface area (Å²) in [4.78, 5) is 25.3. The highest BCUT2D eigenvalue weighted by atomic mass is 16.5. The summed E-state index contributed by atoms with van der Waals surface area (Å²) in [5, 5.41) is 25.3. The molecule has 1 aromatic heterocycles. The standard InChI is InChI=1S/C27H32N4O5/c1-17-3-5-19(6-4-17)35-15-24(33)28-26-9-11-27(12-10-26,23(32)14-26)29-25(34)16-36-20-7-8-21-18(2)30-31-22(21)13-20/h3-8,13,23,32H,9-12,14-16H2,1-2H3,(H,28,33)(H,29,34)(H,30,31)/t23-,26?,27?/m0/s1. The molecule has 9 nitrogen and oxygen atoms in total. The van der Waals surface area contributed by atoms with Crippen LogP contribution in [0.4, 0.5) is 0 Å². The van der Waals surface area contributed by atoms with Gasteiger partial charge in [0.15, 0.2) is 13.2 Å². The second-order valence-electron chi connectivity index (χ2n) is 10.2. The summed E-state index contributed by atoms with van der Waals surface area (Å²) in [5.74, 6) is 0.712. The smallest absolute Gasteiger partial charge is 0.258 e. The molecule has 190 valence electrons.